The average molecular weight is 667 g/mol. The molecule has 0 spiro atoms. The van der Waals surface area contributed by atoms with Gasteiger partial charge in [0.2, 0.25) is 0 Å². The number of likely N-dealkylation sites (N-methyl/N-ethyl adjacent to an activating group) is 2. The zero-order valence-electron chi connectivity index (χ0n) is 31.1. The van der Waals surface area contributed by atoms with Gasteiger partial charge >= 0.3 is 5.97 Å². The summed E-state index contributed by atoms with van der Waals surface area (Å²) in [4.78, 5) is 37.6. The zero-order chi connectivity index (χ0) is 34.7. The molecule has 1 aliphatic carbocycles. The van der Waals surface area contributed by atoms with Crippen LogP contribution in [0.4, 0.5) is 0 Å². The number of carbonyl (C=O) groups excluding carboxylic acids is 2. The van der Waals surface area contributed by atoms with Gasteiger partial charge in [0.05, 0.1) is 23.9 Å². The van der Waals surface area contributed by atoms with Crippen LogP contribution < -0.4 is 0 Å². The number of hydrogen-bond donors (Lipinski definition) is 1. The molecular formula is C36H66N4O7. The number of Topliss-reactive ketones (excluding diaryl/α,β-unsaturated/α-hetero) is 1. The van der Waals surface area contributed by atoms with Crippen molar-refractivity contribution in [1.29, 1.82) is 0 Å². The molecule has 4 fully saturated rings. The van der Waals surface area contributed by atoms with Gasteiger partial charge in [-0.15, -0.1) is 0 Å². The minimum Gasteiger partial charge on any atom is -0.463 e. The van der Waals surface area contributed by atoms with Gasteiger partial charge in [0.1, 0.15) is 18.1 Å². The van der Waals surface area contributed by atoms with E-state index in [1.54, 1.807) is 27.9 Å². The Morgan fingerprint density at radius 2 is 1.62 bits per heavy atom. The number of carbonyl (C=O) groups is 2. The molecule has 4 rings (SSSR count). The highest BCUT2D eigenvalue weighted by Crippen LogP contribution is 2.38. The van der Waals surface area contributed by atoms with E-state index in [0.717, 1.165) is 51.7 Å². The van der Waals surface area contributed by atoms with E-state index in [1.165, 1.54) is 19.4 Å². The maximum absolute atomic E-state index is 14.3. The number of aliphatic hydroxyl groups excluding tert-OH is 1. The predicted octanol–water partition coefficient (Wildman–Crippen LogP) is 2.74. The van der Waals surface area contributed by atoms with Crippen molar-refractivity contribution >= 4 is 11.8 Å². The number of hydrogen-bond acceptors (Lipinski definition) is 11. The molecule has 47 heavy (non-hydrogen) atoms. The summed E-state index contributed by atoms with van der Waals surface area (Å²) in [5.74, 6) is -0.484. The lowest BCUT2D eigenvalue weighted by atomic mass is 9.74. The molecule has 3 aliphatic heterocycles. The van der Waals surface area contributed by atoms with E-state index in [1.807, 2.05) is 32.8 Å². The van der Waals surface area contributed by atoms with Crippen LogP contribution in [0.25, 0.3) is 0 Å². The number of nitrogens with zero attached hydrogens (tertiary/aromatic N) is 4. The summed E-state index contributed by atoms with van der Waals surface area (Å²) in [6.45, 7) is 21.5. The molecule has 9 unspecified atom stereocenters. The van der Waals surface area contributed by atoms with Crippen LogP contribution in [0.1, 0.15) is 74.1 Å². The SMILES string of the molecule is CCN1CC(C)CC(C)(OC)C(OC2OC(C)CC(N(C)C)C2O)C(C)C(=O)C(C)(C)C(=O)OCC1CN1CCN(CC2CC2)CC1. The first-order valence-corrected chi connectivity index (χ1v) is 18.2. The van der Waals surface area contributed by atoms with Gasteiger partial charge in [-0.05, 0) is 85.9 Å². The van der Waals surface area contributed by atoms with Crippen molar-refractivity contribution in [2.45, 2.75) is 116 Å². The van der Waals surface area contributed by atoms with Crippen LogP contribution in [0.2, 0.25) is 0 Å². The lowest BCUT2D eigenvalue weighted by molar-refractivity contribution is -0.295. The maximum Gasteiger partial charge on any atom is 0.319 e. The van der Waals surface area contributed by atoms with Gasteiger partial charge in [0.25, 0.3) is 0 Å². The van der Waals surface area contributed by atoms with Crippen LogP contribution >= 0.6 is 0 Å². The number of aliphatic hydroxyl groups is 1. The summed E-state index contributed by atoms with van der Waals surface area (Å²) < 4.78 is 25.2. The largest absolute Gasteiger partial charge is 0.463 e. The minimum absolute atomic E-state index is 0.00143. The third-order valence-electron chi connectivity index (χ3n) is 11.4. The molecule has 4 aliphatic rings. The fourth-order valence-electron chi connectivity index (χ4n) is 8.15. The molecule has 1 N–H and O–H groups in total. The van der Waals surface area contributed by atoms with Crippen LogP contribution in [0.5, 0.6) is 0 Å². The first-order valence-electron chi connectivity index (χ1n) is 18.2. The molecule has 0 radical (unpaired) electrons. The number of cyclic esters (lactones) is 1. The van der Waals surface area contributed by atoms with Crippen LogP contribution in [0.3, 0.4) is 0 Å². The second kappa shape index (κ2) is 16.2. The predicted molar refractivity (Wildman–Crippen MR) is 182 cm³/mol. The second-order valence-corrected chi connectivity index (χ2v) is 16.1. The molecule has 11 heteroatoms. The molecule has 1 saturated carbocycles. The third-order valence-corrected chi connectivity index (χ3v) is 11.4. The Morgan fingerprint density at radius 3 is 2.17 bits per heavy atom. The van der Waals surface area contributed by atoms with Gasteiger partial charge in [0, 0.05) is 64.9 Å². The summed E-state index contributed by atoms with van der Waals surface area (Å²) in [7, 11) is 5.53. The minimum atomic E-state index is -1.41. The Morgan fingerprint density at radius 1 is 1.00 bits per heavy atom. The maximum atomic E-state index is 14.3. The van der Waals surface area contributed by atoms with Crippen molar-refractivity contribution in [2.24, 2.45) is 23.2 Å². The molecule has 11 nitrogen and oxygen atoms in total. The quantitative estimate of drug-likeness (QED) is 0.290. The molecule has 0 amide bonds. The smallest absolute Gasteiger partial charge is 0.319 e. The van der Waals surface area contributed by atoms with Crippen LogP contribution in [-0.2, 0) is 28.5 Å². The van der Waals surface area contributed by atoms with Crippen molar-refractivity contribution in [3.8, 4) is 0 Å². The Labute approximate surface area is 284 Å². The van der Waals surface area contributed by atoms with Crippen LogP contribution in [-0.4, -0.2) is 159 Å². The summed E-state index contributed by atoms with van der Waals surface area (Å²) >= 11 is 0. The summed E-state index contributed by atoms with van der Waals surface area (Å²) in [5.41, 5.74) is -2.32. The van der Waals surface area contributed by atoms with E-state index in [9.17, 15) is 14.7 Å². The zero-order valence-corrected chi connectivity index (χ0v) is 31.1. The number of ketones is 1. The second-order valence-electron chi connectivity index (χ2n) is 16.1. The summed E-state index contributed by atoms with van der Waals surface area (Å²) in [6.07, 6.45) is 1.20. The first kappa shape index (κ1) is 38.6. The molecule has 0 aromatic heterocycles. The Balaban J connectivity index is 1.59. The monoisotopic (exact) mass is 666 g/mol. The number of rotatable bonds is 9. The molecule has 0 bridgehead atoms. The van der Waals surface area contributed by atoms with Crippen LogP contribution in [0.15, 0.2) is 0 Å². The third kappa shape index (κ3) is 9.54. The van der Waals surface area contributed by atoms with E-state index < -0.39 is 41.4 Å². The first-order chi connectivity index (χ1) is 22.1. The lowest BCUT2D eigenvalue weighted by Crippen LogP contribution is -2.59. The normalized spacial score (nSPS) is 39.2. The van der Waals surface area contributed by atoms with E-state index in [-0.39, 0.29) is 36.5 Å². The Bertz CT molecular complexity index is 1030. The van der Waals surface area contributed by atoms with E-state index in [0.29, 0.717) is 12.8 Å². The van der Waals surface area contributed by atoms with E-state index in [2.05, 4.69) is 28.5 Å². The Kier molecular flexibility index (Phi) is 13.3. The van der Waals surface area contributed by atoms with Crippen molar-refractivity contribution in [2.75, 3.05) is 80.2 Å². The van der Waals surface area contributed by atoms with Gasteiger partial charge in [-0.1, -0.05) is 20.8 Å². The van der Waals surface area contributed by atoms with Crippen molar-refractivity contribution < 1.29 is 33.6 Å². The fourth-order valence-corrected chi connectivity index (χ4v) is 8.15. The topological polar surface area (TPSA) is 104 Å². The number of methoxy groups -OCH3 is 1. The van der Waals surface area contributed by atoms with Gasteiger partial charge in [0.15, 0.2) is 12.1 Å². The van der Waals surface area contributed by atoms with Crippen molar-refractivity contribution in [1.82, 2.24) is 19.6 Å². The van der Waals surface area contributed by atoms with E-state index >= 15 is 0 Å². The summed E-state index contributed by atoms with van der Waals surface area (Å²) in [5, 5.41) is 11.4. The molecule has 0 aromatic rings. The highest BCUT2D eigenvalue weighted by Gasteiger charge is 2.51. The molecular weight excluding hydrogens is 600 g/mol. The number of piperazine rings is 1. The van der Waals surface area contributed by atoms with Crippen molar-refractivity contribution in [3.05, 3.63) is 0 Å². The highest BCUT2D eigenvalue weighted by molar-refractivity contribution is 6.04. The molecule has 9 atom stereocenters. The Hall–Kier alpha value is -1.18. The average Bonchev–Trinajstić information content (AvgIpc) is 3.85. The molecule has 3 heterocycles. The standard InChI is InChI=1S/C36H66N4O7/c1-11-40-20-24(2)19-36(7,44-10)32(47-33-30(41)29(37(8)9)18-25(3)46-33)26(4)31(42)35(5,6)34(43)45-23-28(40)22-39-16-14-38(15-17-39)21-27-12-13-27/h24-30,32-33,41H,11-23H2,1-10H3. The van der Waals surface area contributed by atoms with Gasteiger partial charge in [-0.2, -0.15) is 0 Å². The number of ether oxygens (including phenoxy) is 4. The highest BCUT2D eigenvalue weighted by atomic mass is 16.7. The molecule has 272 valence electrons. The molecule has 0 aromatic carbocycles. The summed E-state index contributed by atoms with van der Waals surface area (Å²) in [6, 6.07) is -0.165. The van der Waals surface area contributed by atoms with Gasteiger partial charge < -0.3 is 33.9 Å². The molecule has 3 saturated heterocycles. The van der Waals surface area contributed by atoms with Gasteiger partial charge in [-0.25, -0.2) is 0 Å². The lowest BCUT2D eigenvalue weighted by Gasteiger charge is -2.47. The fraction of sp³-hybridized carbons (Fsp3) is 0.944. The van der Waals surface area contributed by atoms with Crippen LogP contribution in [0, 0.1) is 23.2 Å². The van der Waals surface area contributed by atoms with E-state index in [4.69, 9.17) is 18.9 Å². The number of esters is 1. The van der Waals surface area contributed by atoms with Gasteiger partial charge in [-0.3, -0.25) is 19.4 Å². The van der Waals surface area contributed by atoms with Crippen molar-refractivity contribution in [3.63, 3.8) is 0 Å².